The van der Waals surface area contributed by atoms with Gasteiger partial charge in [0, 0.05) is 48.2 Å². The van der Waals surface area contributed by atoms with E-state index in [1.807, 2.05) is 6.07 Å². The summed E-state index contributed by atoms with van der Waals surface area (Å²) in [5.41, 5.74) is 4.53. The van der Waals surface area contributed by atoms with Crippen LogP contribution in [0.1, 0.15) is 12.8 Å². The van der Waals surface area contributed by atoms with Crippen LogP contribution in [0.3, 0.4) is 0 Å². The number of rotatable bonds is 6. The number of aromatic amines is 1. The molecule has 1 aliphatic heterocycles. The lowest BCUT2D eigenvalue weighted by Gasteiger charge is -2.36. The summed E-state index contributed by atoms with van der Waals surface area (Å²) >= 11 is 0. The fourth-order valence-corrected chi connectivity index (χ4v) is 6.42. The van der Waals surface area contributed by atoms with Gasteiger partial charge < -0.3 is 24.7 Å². The lowest BCUT2D eigenvalue weighted by Crippen LogP contribution is -2.41. The Hall–Kier alpha value is -3.22. The topological polar surface area (TPSA) is 64.3 Å². The second kappa shape index (κ2) is 9.92. The van der Waals surface area contributed by atoms with Crippen LogP contribution in [-0.2, 0) is 4.57 Å². The summed E-state index contributed by atoms with van der Waals surface area (Å²) in [6, 6.07) is 14.8. The number of pyridine rings is 1. The molecule has 9 heteroatoms. The molecule has 0 atom stereocenters. The van der Waals surface area contributed by atoms with Crippen LogP contribution < -0.4 is 15.5 Å². The van der Waals surface area contributed by atoms with Crippen LogP contribution in [-0.4, -0.2) is 61.4 Å². The van der Waals surface area contributed by atoms with Gasteiger partial charge in [0.2, 0.25) is 0 Å². The van der Waals surface area contributed by atoms with Crippen molar-refractivity contribution in [2.45, 2.75) is 18.9 Å². The largest absolute Gasteiger partial charge is 0.371 e. The Kier molecular flexibility index (Phi) is 6.82. The Morgan fingerprint density at radius 1 is 1.03 bits per heavy atom. The minimum atomic E-state index is -3.01. The van der Waals surface area contributed by atoms with Crippen molar-refractivity contribution in [3.05, 3.63) is 66.4 Å². The van der Waals surface area contributed by atoms with Gasteiger partial charge in [-0.1, -0.05) is 12.1 Å². The number of nitrogens with one attached hydrogen (secondary N) is 2. The first kappa shape index (κ1) is 25.4. The van der Waals surface area contributed by atoms with E-state index in [9.17, 15) is 13.3 Å². The summed E-state index contributed by atoms with van der Waals surface area (Å²) in [7, 11) is 1.28. The van der Waals surface area contributed by atoms with Gasteiger partial charge in [-0.15, -0.1) is 0 Å². The highest BCUT2D eigenvalue weighted by Crippen LogP contribution is 2.40. The summed E-state index contributed by atoms with van der Waals surface area (Å²) in [4.78, 5) is 12.5. The molecule has 0 bridgehead atoms. The fourth-order valence-electron chi connectivity index (χ4n) is 5.14. The lowest BCUT2D eigenvalue weighted by molar-refractivity contribution is 0.249. The normalized spacial score (nSPS) is 15.1. The van der Waals surface area contributed by atoms with Crippen molar-refractivity contribution < 1.29 is 13.3 Å². The molecule has 0 unspecified atom stereocenters. The highest BCUT2D eigenvalue weighted by molar-refractivity contribution is 7.70. The van der Waals surface area contributed by atoms with E-state index in [2.05, 4.69) is 63.4 Å². The van der Waals surface area contributed by atoms with Crippen LogP contribution in [0.2, 0.25) is 0 Å². The van der Waals surface area contributed by atoms with Gasteiger partial charge in [-0.05, 0) is 76.2 Å². The molecule has 2 aromatic carbocycles. The SMILES string of the molecule is CN(C)C1CCN(c2ccc(-c3cc4c(Nc5cc(F)cc(F)c5P(C)(C)=O)ccnc4[nH]3)cc2)CC1. The number of hydrogen-bond donors (Lipinski definition) is 2. The van der Waals surface area contributed by atoms with Gasteiger partial charge in [0.25, 0.3) is 0 Å². The van der Waals surface area contributed by atoms with Gasteiger partial charge in [0.15, 0.2) is 0 Å². The number of anilines is 3. The van der Waals surface area contributed by atoms with Gasteiger partial charge >= 0.3 is 0 Å². The highest BCUT2D eigenvalue weighted by Gasteiger charge is 2.24. The molecule has 0 radical (unpaired) electrons. The molecule has 1 saturated heterocycles. The van der Waals surface area contributed by atoms with E-state index in [1.54, 1.807) is 12.3 Å². The summed E-state index contributed by atoms with van der Waals surface area (Å²) < 4.78 is 41.4. The molecule has 0 amide bonds. The molecule has 2 N–H and O–H groups in total. The predicted octanol–water partition coefficient (Wildman–Crippen LogP) is 6.03. The maximum atomic E-state index is 14.6. The first-order valence-electron chi connectivity index (χ1n) is 12.4. The summed E-state index contributed by atoms with van der Waals surface area (Å²) in [5.74, 6) is -1.55. The van der Waals surface area contributed by atoms with E-state index in [1.165, 1.54) is 25.1 Å². The van der Waals surface area contributed by atoms with Crippen molar-refractivity contribution in [3.8, 4) is 11.3 Å². The second-order valence-electron chi connectivity index (χ2n) is 10.3. The number of H-pyrrole nitrogens is 1. The number of fused-ring (bicyclic) bond motifs is 1. The zero-order valence-electron chi connectivity index (χ0n) is 21.6. The first-order chi connectivity index (χ1) is 17.6. The van der Waals surface area contributed by atoms with Crippen LogP contribution in [0.15, 0.2) is 54.7 Å². The van der Waals surface area contributed by atoms with Crippen molar-refractivity contribution in [2.75, 3.05) is 50.7 Å². The van der Waals surface area contributed by atoms with Crippen molar-refractivity contribution in [2.24, 2.45) is 0 Å². The third-order valence-electron chi connectivity index (χ3n) is 7.11. The average molecular weight is 524 g/mol. The summed E-state index contributed by atoms with van der Waals surface area (Å²) in [6.07, 6.45) is 3.93. The van der Waals surface area contributed by atoms with Gasteiger partial charge in [-0.3, -0.25) is 0 Å². The highest BCUT2D eigenvalue weighted by atomic mass is 31.2. The minimum Gasteiger partial charge on any atom is -0.371 e. The van der Waals surface area contributed by atoms with E-state index in [4.69, 9.17) is 0 Å². The zero-order valence-corrected chi connectivity index (χ0v) is 22.4. The Morgan fingerprint density at radius 2 is 1.73 bits per heavy atom. The Labute approximate surface area is 216 Å². The van der Waals surface area contributed by atoms with E-state index in [0.717, 1.165) is 48.6 Å². The Morgan fingerprint density at radius 3 is 2.38 bits per heavy atom. The van der Waals surface area contributed by atoms with Crippen molar-refractivity contribution in [1.29, 1.82) is 0 Å². The molecule has 4 aromatic rings. The van der Waals surface area contributed by atoms with Gasteiger partial charge in [0.05, 0.1) is 16.7 Å². The summed E-state index contributed by atoms with van der Waals surface area (Å²) in [5, 5.41) is 3.88. The zero-order chi connectivity index (χ0) is 26.3. The van der Waals surface area contributed by atoms with Crippen LogP contribution in [0.4, 0.5) is 25.8 Å². The van der Waals surface area contributed by atoms with Crippen molar-refractivity contribution in [1.82, 2.24) is 14.9 Å². The molecule has 0 saturated carbocycles. The molecule has 0 spiro atoms. The predicted molar refractivity (Wildman–Crippen MR) is 149 cm³/mol. The number of hydrogen-bond acceptors (Lipinski definition) is 5. The third-order valence-corrected chi connectivity index (χ3v) is 8.64. The average Bonchev–Trinajstić information content (AvgIpc) is 3.28. The van der Waals surface area contributed by atoms with Crippen LogP contribution >= 0.6 is 7.14 Å². The second-order valence-corrected chi connectivity index (χ2v) is 13.4. The number of nitrogens with zero attached hydrogens (tertiary/aromatic N) is 3. The first-order valence-corrected chi connectivity index (χ1v) is 15.0. The van der Waals surface area contributed by atoms with Crippen LogP contribution in [0.25, 0.3) is 22.3 Å². The Balaban J connectivity index is 1.42. The van der Waals surface area contributed by atoms with E-state index in [0.29, 0.717) is 17.4 Å². The van der Waals surface area contributed by atoms with E-state index in [-0.39, 0.29) is 11.0 Å². The number of halogens is 2. The Bertz CT molecular complexity index is 1470. The standard InChI is InChI=1S/C28H32F2N5OP/c1-34(2)20-10-13-35(14-11-20)21-7-5-18(6-8-21)25-17-22-24(9-12-31-28(22)33-25)32-26-16-19(29)15-23(30)27(26)37(3,4)36/h5-9,12,15-17,20H,10-11,13-14H2,1-4H3,(H2,31,32,33). The number of piperidine rings is 1. The molecule has 1 fully saturated rings. The molecule has 0 aliphatic carbocycles. The quantitative estimate of drug-likeness (QED) is 0.302. The van der Waals surface area contributed by atoms with Crippen molar-refractivity contribution >= 4 is 40.5 Å². The van der Waals surface area contributed by atoms with Crippen LogP contribution in [0.5, 0.6) is 0 Å². The lowest BCUT2D eigenvalue weighted by atomic mass is 10.0. The molecular weight excluding hydrogens is 491 g/mol. The molecule has 2 aromatic heterocycles. The monoisotopic (exact) mass is 523 g/mol. The van der Waals surface area contributed by atoms with Crippen molar-refractivity contribution in [3.63, 3.8) is 0 Å². The maximum Gasteiger partial charge on any atom is 0.139 e. The minimum absolute atomic E-state index is 0.000162. The molecule has 37 heavy (non-hydrogen) atoms. The number of benzene rings is 2. The van der Waals surface area contributed by atoms with Gasteiger partial charge in [-0.25, -0.2) is 13.8 Å². The molecule has 194 valence electrons. The smallest absolute Gasteiger partial charge is 0.139 e. The van der Waals surface area contributed by atoms with Crippen LogP contribution in [0, 0.1) is 11.6 Å². The van der Waals surface area contributed by atoms with Gasteiger partial charge in [-0.2, -0.15) is 0 Å². The molecule has 5 rings (SSSR count). The van der Waals surface area contributed by atoms with Gasteiger partial charge in [0.1, 0.15) is 24.4 Å². The van der Waals surface area contributed by atoms with E-state index >= 15 is 0 Å². The maximum absolute atomic E-state index is 14.6. The third kappa shape index (κ3) is 5.27. The number of aromatic nitrogens is 2. The van der Waals surface area contributed by atoms with E-state index < -0.39 is 18.8 Å². The molecule has 3 heterocycles. The molecular formula is C28H32F2N5OP. The molecule has 1 aliphatic rings. The molecule has 6 nitrogen and oxygen atoms in total. The summed E-state index contributed by atoms with van der Waals surface area (Å²) in [6.45, 7) is 5.02. The fraction of sp³-hybridized carbons (Fsp3) is 0.321.